The van der Waals surface area contributed by atoms with Crippen LogP contribution in [0, 0.1) is 0 Å². The maximum Gasteiger partial charge on any atom is 0.294 e. The molecule has 0 amide bonds. The van der Waals surface area contributed by atoms with Gasteiger partial charge < -0.3 is 28.3 Å². The lowest BCUT2D eigenvalue weighted by molar-refractivity contribution is 0.122. The van der Waals surface area contributed by atoms with Gasteiger partial charge in [-0.2, -0.15) is 4.52 Å². The number of hydrogen-bond acceptors (Lipinski definition) is 11. The number of nitrogens with zero attached hydrogens (tertiary/aromatic N) is 5. The van der Waals surface area contributed by atoms with Crippen molar-refractivity contribution in [2.75, 3.05) is 45.4 Å². The van der Waals surface area contributed by atoms with E-state index in [2.05, 4.69) is 15.0 Å². The summed E-state index contributed by atoms with van der Waals surface area (Å²) < 4.78 is 30.2. The van der Waals surface area contributed by atoms with Gasteiger partial charge in [0.2, 0.25) is 4.96 Å². The van der Waals surface area contributed by atoms with Crippen LogP contribution in [0.4, 0.5) is 5.13 Å². The quantitative estimate of drug-likeness (QED) is 0.328. The van der Waals surface area contributed by atoms with E-state index in [0.29, 0.717) is 34.6 Å². The minimum atomic E-state index is 0.337. The molecule has 12 heteroatoms. The largest absolute Gasteiger partial charge is 0.496 e. The summed E-state index contributed by atoms with van der Waals surface area (Å²) in [6.45, 7) is 3.51. The van der Waals surface area contributed by atoms with Gasteiger partial charge >= 0.3 is 0 Å². The van der Waals surface area contributed by atoms with Crippen LogP contribution in [0.1, 0.15) is 5.69 Å². The molecule has 4 aromatic heterocycles. The molecule has 5 aromatic rings. The Bertz CT molecular complexity index is 1450. The Morgan fingerprint density at radius 2 is 2.00 bits per heavy atom. The van der Waals surface area contributed by atoms with Gasteiger partial charge in [-0.1, -0.05) is 0 Å². The van der Waals surface area contributed by atoms with E-state index in [-0.39, 0.29) is 0 Å². The van der Waals surface area contributed by atoms with Crippen LogP contribution >= 0.6 is 22.7 Å². The van der Waals surface area contributed by atoms with Gasteiger partial charge in [-0.3, -0.25) is 0 Å². The van der Waals surface area contributed by atoms with Gasteiger partial charge in [0.15, 0.2) is 10.9 Å². The number of aromatic nitrogens is 4. The fourth-order valence-corrected chi connectivity index (χ4v) is 5.34. The number of morpholine rings is 1. The zero-order chi connectivity index (χ0) is 23.1. The predicted octanol–water partition coefficient (Wildman–Crippen LogP) is 4.09. The first-order chi connectivity index (χ1) is 16.7. The minimum Gasteiger partial charge on any atom is -0.496 e. The number of hydrogen-bond donors (Lipinski definition) is 0. The molecule has 1 saturated heterocycles. The Hall–Kier alpha value is -3.35. The number of fused-ring (bicyclic) bond motifs is 2. The highest BCUT2D eigenvalue weighted by Crippen LogP contribution is 2.38. The topological polar surface area (TPSA) is 96.4 Å². The van der Waals surface area contributed by atoms with Gasteiger partial charge in [0.05, 0.1) is 44.7 Å². The van der Waals surface area contributed by atoms with Crippen molar-refractivity contribution in [2.24, 2.45) is 0 Å². The summed E-state index contributed by atoms with van der Waals surface area (Å²) in [6.07, 6.45) is 1.73. The summed E-state index contributed by atoms with van der Waals surface area (Å²) in [7, 11) is 3.20. The highest BCUT2D eigenvalue weighted by Gasteiger charge is 2.19. The molecule has 1 fully saturated rings. The third kappa shape index (κ3) is 3.83. The standard InChI is InChI=1S/C22H21N5O5S2/c1-28-14-7-17(31-11-13-12-33-21(24-13)26-3-5-30-6-4-26)15-9-19(32-18(15)8-14)16-10-23-20-27(16)25-22(29-2)34-20/h7-10,12H,3-6,11H2,1-2H3. The number of anilines is 1. The molecule has 0 bridgehead atoms. The van der Waals surface area contributed by atoms with E-state index < -0.39 is 0 Å². The average Bonchev–Trinajstić information content (AvgIpc) is 3.65. The molecular formula is C22H21N5O5S2. The van der Waals surface area contributed by atoms with Crippen molar-refractivity contribution in [2.45, 2.75) is 6.61 Å². The Kier molecular flexibility index (Phi) is 5.47. The molecule has 1 aliphatic heterocycles. The van der Waals surface area contributed by atoms with E-state index in [4.69, 9.17) is 28.3 Å². The Morgan fingerprint density at radius 1 is 1.12 bits per heavy atom. The predicted molar refractivity (Wildman–Crippen MR) is 129 cm³/mol. The monoisotopic (exact) mass is 499 g/mol. The molecule has 10 nitrogen and oxygen atoms in total. The maximum absolute atomic E-state index is 6.19. The summed E-state index contributed by atoms with van der Waals surface area (Å²) in [5.74, 6) is 1.92. The van der Waals surface area contributed by atoms with E-state index >= 15 is 0 Å². The molecule has 0 unspecified atom stereocenters. The van der Waals surface area contributed by atoms with E-state index in [9.17, 15) is 0 Å². The molecule has 5 heterocycles. The molecule has 34 heavy (non-hydrogen) atoms. The molecule has 0 radical (unpaired) electrons. The number of thiazole rings is 1. The molecular weight excluding hydrogens is 478 g/mol. The normalized spacial score (nSPS) is 14.2. The first kappa shape index (κ1) is 21.2. The van der Waals surface area contributed by atoms with Crippen LogP contribution in [-0.4, -0.2) is 60.1 Å². The highest BCUT2D eigenvalue weighted by atomic mass is 32.1. The van der Waals surface area contributed by atoms with Crippen molar-refractivity contribution in [1.82, 2.24) is 19.6 Å². The van der Waals surface area contributed by atoms with Crippen molar-refractivity contribution < 1.29 is 23.4 Å². The van der Waals surface area contributed by atoms with E-state index in [0.717, 1.165) is 53.2 Å². The van der Waals surface area contributed by atoms with Crippen molar-refractivity contribution in [3.05, 3.63) is 35.5 Å². The van der Waals surface area contributed by atoms with Crippen LogP contribution in [0.2, 0.25) is 0 Å². The first-order valence-electron chi connectivity index (χ1n) is 10.6. The number of methoxy groups -OCH3 is 2. The molecule has 176 valence electrons. The molecule has 0 N–H and O–H groups in total. The Balaban J connectivity index is 1.29. The molecule has 1 aromatic carbocycles. The molecule has 1 aliphatic rings. The SMILES string of the molecule is COc1cc(OCc2csc(N3CCOCC3)n2)c2cc(-c3cnc4sc(OC)nn34)oc2c1. The van der Waals surface area contributed by atoms with Crippen molar-refractivity contribution >= 4 is 43.7 Å². The lowest BCUT2D eigenvalue weighted by atomic mass is 10.2. The fraction of sp³-hybridized carbons (Fsp3) is 0.318. The second kappa shape index (κ2) is 8.78. The number of rotatable bonds is 7. The summed E-state index contributed by atoms with van der Waals surface area (Å²) in [4.78, 5) is 12.1. The first-order valence-corrected chi connectivity index (χ1v) is 12.3. The van der Waals surface area contributed by atoms with Crippen molar-refractivity contribution in [3.8, 4) is 28.1 Å². The zero-order valence-corrected chi connectivity index (χ0v) is 20.1. The Labute approximate surface area is 202 Å². The lowest BCUT2D eigenvalue weighted by Crippen LogP contribution is -2.36. The number of furan rings is 1. The highest BCUT2D eigenvalue weighted by molar-refractivity contribution is 7.18. The third-order valence-corrected chi connectivity index (χ3v) is 7.33. The van der Waals surface area contributed by atoms with Crippen molar-refractivity contribution in [1.29, 1.82) is 0 Å². The molecule has 0 spiro atoms. The van der Waals surface area contributed by atoms with Crippen LogP contribution < -0.4 is 19.1 Å². The zero-order valence-electron chi connectivity index (χ0n) is 18.5. The molecule has 6 rings (SSSR count). The van der Waals surface area contributed by atoms with Crippen LogP contribution in [0.15, 0.2) is 34.2 Å². The molecule has 0 atom stereocenters. The van der Waals surface area contributed by atoms with Crippen molar-refractivity contribution in [3.63, 3.8) is 0 Å². The third-order valence-electron chi connectivity index (χ3n) is 5.50. The van der Waals surface area contributed by atoms with Crippen LogP contribution in [0.5, 0.6) is 16.7 Å². The second-order valence-corrected chi connectivity index (χ2v) is 9.32. The molecule has 0 saturated carbocycles. The summed E-state index contributed by atoms with van der Waals surface area (Å²) in [5.41, 5.74) is 2.25. The second-order valence-electron chi connectivity index (χ2n) is 7.57. The van der Waals surface area contributed by atoms with E-state index in [1.54, 1.807) is 36.3 Å². The maximum atomic E-state index is 6.19. The van der Waals surface area contributed by atoms with Gasteiger partial charge in [0, 0.05) is 30.6 Å². The lowest BCUT2D eigenvalue weighted by Gasteiger charge is -2.26. The van der Waals surface area contributed by atoms with Gasteiger partial charge in [-0.05, 0) is 17.4 Å². The molecule has 0 aliphatic carbocycles. The van der Waals surface area contributed by atoms with Crippen LogP contribution in [0.25, 0.3) is 27.4 Å². The smallest absolute Gasteiger partial charge is 0.294 e. The van der Waals surface area contributed by atoms with Gasteiger partial charge in [-0.15, -0.1) is 16.4 Å². The summed E-state index contributed by atoms with van der Waals surface area (Å²) in [5, 5.41) is 8.81. The summed E-state index contributed by atoms with van der Waals surface area (Å²) in [6, 6.07) is 5.62. The van der Waals surface area contributed by atoms with Gasteiger partial charge in [0.25, 0.3) is 5.19 Å². The van der Waals surface area contributed by atoms with Gasteiger partial charge in [-0.25, -0.2) is 9.97 Å². The van der Waals surface area contributed by atoms with Crippen LogP contribution in [0.3, 0.4) is 0 Å². The van der Waals surface area contributed by atoms with E-state index in [1.807, 2.05) is 23.6 Å². The summed E-state index contributed by atoms with van der Waals surface area (Å²) >= 11 is 2.98. The average molecular weight is 500 g/mol. The number of ether oxygens (including phenoxy) is 4. The van der Waals surface area contributed by atoms with E-state index in [1.165, 1.54) is 11.3 Å². The number of imidazole rings is 1. The minimum absolute atomic E-state index is 0.337. The number of benzene rings is 1. The van der Waals surface area contributed by atoms with Crippen LogP contribution in [-0.2, 0) is 11.3 Å². The fourth-order valence-electron chi connectivity index (χ4n) is 3.79. The van der Waals surface area contributed by atoms with Gasteiger partial charge in [0.1, 0.15) is 29.4 Å². The Morgan fingerprint density at radius 3 is 2.82 bits per heavy atom.